The minimum Gasteiger partial charge on any atom is -0.337 e. The van der Waals surface area contributed by atoms with Crippen molar-refractivity contribution in [2.45, 2.75) is 31.7 Å². The smallest absolute Gasteiger partial charge is 0.226 e. The Morgan fingerprint density at radius 1 is 1.42 bits per heavy atom. The summed E-state index contributed by atoms with van der Waals surface area (Å²) >= 11 is 2.00. The fourth-order valence-electron chi connectivity index (χ4n) is 2.94. The van der Waals surface area contributed by atoms with Gasteiger partial charge in [-0.2, -0.15) is 11.8 Å². The fraction of sp³-hybridized carbons (Fsp3) is 0.800. The lowest BCUT2D eigenvalue weighted by Gasteiger charge is -2.34. The predicted molar refractivity (Wildman–Crippen MR) is 82.5 cm³/mol. The van der Waals surface area contributed by atoms with Crippen molar-refractivity contribution < 1.29 is 4.79 Å². The summed E-state index contributed by atoms with van der Waals surface area (Å²) in [6.07, 6.45) is 8.57. The van der Waals surface area contributed by atoms with Gasteiger partial charge in [0, 0.05) is 24.8 Å². The first-order valence-corrected chi connectivity index (χ1v) is 8.52. The average Bonchev–Trinajstić information content (AvgIpc) is 2.64. The Balaban J connectivity index is 2.03. The van der Waals surface area contributed by atoms with E-state index < -0.39 is 0 Å². The maximum absolute atomic E-state index is 12.8. The molecule has 19 heavy (non-hydrogen) atoms. The Hall–Kier alpha value is -0.480. The van der Waals surface area contributed by atoms with E-state index >= 15 is 0 Å². The van der Waals surface area contributed by atoms with E-state index in [0.717, 1.165) is 44.5 Å². The maximum Gasteiger partial charge on any atom is 0.226 e. The van der Waals surface area contributed by atoms with E-state index in [1.165, 1.54) is 5.75 Å². The molecule has 1 aliphatic heterocycles. The van der Waals surface area contributed by atoms with Gasteiger partial charge in [-0.1, -0.05) is 12.2 Å². The van der Waals surface area contributed by atoms with Gasteiger partial charge < -0.3 is 9.80 Å². The molecule has 0 aromatic heterocycles. The first kappa shape index (κ1) is 14.9. The van der Waals surface area contributed by atoms with Crippen molar-refractivity contribution in [3.8, 4) is 0 Å². The van der Waals surface area contributed by atoms with Gasteiger partial charge >= 0.3 is 0 Å². The lowest BCUT2D eigenvalue weighted by Crippen LogP contribution is -2.49. The minimum atomic E-state index is 0.234. The Morgan fingerprint density at radius 2 is 2.26 bits per heavy atom. The first-order chi connectivity index (χ1) is 9.18. The standard InChI is InChI=1S/C15H26N2OS/c1-16(2)11-14-12-19-10-6-9-17(14)15(18)13-7-4-3-5-8-13/h3-4,13-14H,5-12H2,1-2H3/t13-,14+/m0/s1. The summed E-state index contributed by atoms with van der Waals surface area (Å²) in [7, 11) is 4.20. The monoisotopic (exact) mass is 282 g/mol. The fourth-order valence-corrected chi connectivity index (χ4v) is 4.00. The highest BCUT2D eigenvalue weighted by Gasteiger charge is 2.30. The lowest BCUT2D eigenvalue weighted by atomic mass is 9.92. The Bertz CT molecular complexity index is 330. The van der Waals surface area contributed by atoms with Crippen LogP contribution in [0.5, 0.6) is 0 Å². The highest BCUT2D eigenvalue weighted by molar-refractivity contribution is 7.99. The molecular formula is C15H26N2OS. The second kappa shape index (κ2) is 7.34. The number of hydrogen-bond acceptors (Lipinski definition) is 3. The second-order valence-corrected chi connectivity index (χ2v) is 7.01. The number of carbonyl (C=O) groups excluding carboxylic acids is 1. The molecule has 0 unspecified atom stereocenters. The van der Waals surface area contributed by atoms with Crippen molar-refractivity contribution in [3.05, 3.63) is 12.2 Å². The first-order valence-electron chi connectivity index (χ1n) is 7.36. The number of carbonyl (C=O) groups is 1. The van der Waals surface area contributed by atoms with Crippen molar-refractivity contribution in [2.24, 2.45) is 5.92 Å². The van der Waals surface area contributed by atoms with E-state index in [1.807, 2.05) is 11.8 Å². The van der Waals surface area contributed by atoms with E-state index in [9.17, 15) is 4.79 Å². The van der Waals surface area contributed by atoms with Crippen molar-refractivity contribution in [1.82, 2.24) is 9.80 Å². The molecule has 0 bridgehead atoms. The third-order valence-corrected chi connectivity index (χ3v) is 5.11. The Kier molecular flexibility index (Phi) is 5.76. The molecule has 2 aliphatic rings. The van der Waals surface area contributed by atoms with Crippen LogP contribution in [0.3, 0.4) is 0 Å². The van der Waals surface area contributed by atoms with Gasteiger partial charge in [-0.3, -0.25) is 4.79 Å². The van der Waals surface area contributed by atoms with Crippen LogP contribution >= 0.6 is 11.8 Å². The largest absolute Gasteiger partial charge is 0.337 e. The van der Waals surface area contributed by atoms with Crippen molar-refractivity contribution in [2.75, 3.05) is 38.7 Å². The lowest BCUT2D eigenvalue weighted by molar-refractivity contribution is -0.138. The van der Waals surface area contributed by atoms with E-state index in [1.54, 1.807) is 0 Å². The average molecular weight is 282 g/mol. The second-order valence-electron chi connectivity index (χ2n) is 5.86. The van der Waals surface area contributed by atoms with Gasteiger partial charge in [0.2, 0.25) is 5.91 Å². The Morgan fingerprint density at radius 3 is 2.95 bits per heavy atom. The molecule has 0 aromatic rings. The van der Waals surface area contributed by atoms with E-state index in [0.29, 0.717) is 11.9 Å². The van der Waals surface area contributed by atoms with Crippen LogP contribution in [-0.4, -0.2) is 60.4 Å². The van der Waals surface area contributed by atoms with Crippen molar-refractivity contribution >= 4 is 17.7 Å². The number of rotatable bonds is 3. The molecule has 1 saturated heterocycles. The molecule has 2 atom stereocenters. The molecule has 2 rings (SSSR count). The SMILES string of the molecule is CN(C)C[C@@H]1CSCCCN1C(=O)[C@H]1CC=CCC1. The molecule has 1 heterocycles. The molecular weight excluding hydrogens is 256 g/mol. The van der Waals surface area contributed by atoms with Gasteiger partial charge in [-0.25, -0.2) is 0 Å². The summed E-state index contributed by atoms with van der Waals surface area (Å²) in [5.41, 5.74) is 0. The summed E-state index contributed by atoms with van der Waals surface area (Å²) in [5.74, 6) is 2.92. The van der Waals surface area contributed by atoms with Gasteiger partial charge in [0.05, 0.1) is 6.04 Å². The van der Waals surface area contributed by atoms with Crippen molar-refractivity contribution in [1.29, 1.82) is 0 Å². The summed E-state index contributed by atoms with van der Waals surface area (Å²) in [6.45, 7) is 1.94. The van der Waals surface area contributed by atoms with Crippen LogP contribution in [0.15, 0.2) is 12.2 Å². The summed E-state index contributed by atoms with van der Waals surface area (Å²) < 4.78 is 0. The zero-order chi connectivity index (χ0) is 13.7. The van der Waals surface area contributed by atoms with Gasteiger partial charge in [0.25, 0.3) is 0 Å². The van der Waals surface area contributed by atoms with Gasteiger partial charge in [0.1, 0.15) is 0 Å². The van der Waals surface area contributed by atoms with Crippen LogP contribution in [0.25, 0.3) is 0 Å². The van der Waals surface area contributed by atoms with Crippen LogP contribution < -0.4 is 0 Å². The van der Waals surface area contributed by atoms with Crippen LogP contribution in [-0.2, 0) is 4.79 Å². The minimum absolute atomic E-state index is 0.234. The third-order valence-electron chi connectivity index (χ3n) is 3.92. The zero-order valence-electron chi connectivity index (χ0n) is 12.2. The molecule has 1 fully saturated rings. The molecule has 3 nitrogen and oxygen atoms in total. The van der Waals surface area contributed by atoms with Crippen LogP contribution in [0.4, 0.5) is 0 Å². The van der Waals surface area contributed by atoms with Gasteiger partial charge in [0.15, 0.2) is 0 Å². The van der Waals surface area contributed by atoms with E-state index in [-0.39, 0.29) is 5.92 Å². The highest BCUT2D eigenvalue weighted by Crippen LogP contribution is 2.24. The molecule has 4 heteroatoms. The highest BCUT2D eigenvalue weighted by atomic mass is 32.2. The molecule has 0 spiro atoms. The normalized spacial score (nSPS) is 28.5. The van der Waals surface area contributed by atoms with Crippen LogP contribution in [0.2, 0.25) is 0 Å². The van der Waals surface area contributed by atoms with Crippen LogP contribution in [0.1, 0.15) is 25.7 Å². The number of allylic oxidation sites excluding steroid dienone is 2. The quantitative estimate of drug-likeness (QED) is 0.742. The summed E-state index contributed by atoms with van der Waals surface area (Å²) in [4.78, 5) is 17.2. The van der Waals surface area contributed by atoms with Gasteiger partial charge in [-0.05, 0) is 45.5 Å². The number of likely N-dealkylation sites (N-methyl/N-ethyl adjacent to an activating group) is 1. The maximum atomic E-state index is 12.8. The van der Waals surface area contributed by atoms with E-state index in [4.69, 9.17) is 0 Å². The molecule has 0 radical (unpaired) electrons. The summed E-state index contributed by atoms with van der Waals surface area (Å²) in [6, 6.07) is 0.390. The summed E-state index contributed by atoms with van der Waals surface area (Å²) in [5, 5.41) is 0. The number of thioether (sulfide) groups is 1. The van der Waals surface area contributed by atoms with Gasteiger partial charge in [-0.15, -0.1) is 0 Å². The van der Waals surface area contributed by atoms with Crippen molar-refractivity contribution in [3.63, 3.8) is 0 Å². The predicted octanol–water partition coefficient (Wildman–Crippen LogP) is 2.24. The molecule has 108 valence electrons. The number of hydrogen-bond donors (Lipinski definition) is 0. The Labute approximate surface area is 121 Å². The number of nitrogens with zero attached hydrogens (tertiary/aromatic N) is 2. The molecule has 0 saturated carbocycles. The topological polar surface area (TPSA) is 23.6 Å². The molecule has 1 aliphatic carbocycles. The molecule has 0 aromatic carbocycles. The van der Waals surface area contributed by atoms with Crippen LogP contribution in [0, 0.1) is 5.92 Å². The van der Waals surface area contributed by atoms with E-state index in [2.05, 4.69) is 36.0 Å². The molecule has 1 amide bonds. The third kappa shape index (κ3) is 4.25. The molecule has 0 N–H and O–H groups in total. The number of amides is 1. The zero-order valence-corrected chi connectivity index (χ0v) is 13.0.